The van der Waals surface area contributed by atoms with E-state index in [0.29, 0.717) is 44.3 Å². The molecule has 3 heterocycles. The Morgan fingerprint density at radius 1 is 0.857 bits per heavy atom. The quantitative estimate of drug-likeness (QED) is 0.604. The summed E-state index contributed by atoms with van der Waals surface area (Å²) in [5.74, 6) is 1.27. The third-order valence-electron chi connectivity index (χ3n) is 4.45. The van der Waals surface area contributed by atoms with Gasteiger partial charge in [0.15, 0.2) is 0 Å². The third kappa shape index (κ3) is 4.70. The zero-order valence-corrected chi connectivity index (χ0v) is 15.4. The molecule has 0 bridgehead atoms. The minimum Gasteiger partial charge on any atom is -0.378 e. The average Bonchev–Trinajstić information content (AvgIpc) is 2.76. The predicted molar refractivity (Wildman–Crippen MR) is 104 cm³/mol. The van der Waals surface area contributed by atoms with Crippen molar-refractivity contribution in [2.75, 3.05) is 67.8 Å². The molecule has 4 rings (SSSR count). The van der Waals surface area contributed by atoms with Crippen molar-refractivity contribution in [1.82, 2.24) is 15.0 Å². The van der Waals surface area contributed by atoms with Crippen molar-refractivity contribution in [3.05, 3.63) is 35.6 Å². The van der Waals surface area contributed by atoms with Gasteiger partial charge >= 0.3 is 0 Å². The molecule has 148 valence electrons. The lowest BCUT2D eigenvalue weighted by Crippen LogP contribution is -2.40. The molecule has 2 aromatic rings. The molecular weight excluding hydrogens is 365 g/mol. The molecule has 2 aliphatic heterocycles. The summed E-state index contributed by atoms with van der Waals surface area (Å²) in [5.41, 5.74) is 3.63. The summed E-state index contributed by atoms with van der Waals surface area (Å²) in [6.45, 7) is 5.48. The van der Waals surface area contributed by atoms with E-state index < -0.39 is 0 Å². The van der Waals surface area contributed by atoms with Gasteiger partial charge in [-0.25, -0.2) is 9.82 Å². The Morgan fingerprint density at radius 2 is 1.39 bits per heavy atom. The van der Waals surface area contributed by atoms with Crippen molar-refractivity contribution >= 4 is 24.1 Å². The van der Waals surface area contributed by atoms with E-state index in [-0.39, 0.29) is 5.82 Å². The zero-order chi connectivity index (χ0) is 19.2. The smallest absolute Gasteiger partial charge is 0.250 e. The van der Waals surface area contributed by atoms with Gasteiger partial charge in [0.05, 0.1) is 32.6 Å². The summed E-state index contributed by atoms with van der Waals surface area (Å²) in [4.78, 5) is 17.8. The molecule has 0 radical (unpaired) electrons. The number of hydrogen-bond donors (Lipinski definition) is 1. The predicted octanol–water partition coefficient (Wildman–Crippen LogP) is 1.13. The van der Waals surface area contributed by atoms with Gasteiger partial charge in [-0.1, -0.05) is 12.1 Å². The SMILES string of the molecule is Fc1ccc(/C=N\Nc2nc(N3CCOCC3)nc(N3CCOCC3)n2)cc1. The highest BCUT2D eigenvalue weighted by Crippen LogP contribution is 2.18. The van der Waals surface area contributed by atoms with Gasteiger partial charge in [0.2, 0.25) is 17.8 Å². The first-order chi connectivity index (χ1) is 13.8. The molecule has 10 heteroatoms. The fourth-order valence-corrected chi connectivity index (χ4v) is 2.93. The van der Waals surface area contributed by atoms with Crippen molar-refractivity contribution in [2.24, 2.45) is 5.10 Å². The lowest BCUT2D eigenvalue weighted by molar-refractivity contribution is 0.121. The monoisotopic (exact) mass is 387 g/mol. The number of morpholine rings is 2. The van der Waals surface area contributed by atoms with Gasteiger partial charge in [-0.3, -0.25) is 0 Å². The summed E-state index contributed by atoms with van der Waals surface area (Å²) in [7, 11) is 0. The largest absolute Gasteiger partial charge is 0.378 e. The number of benzene rings is 1. The van der Waals surface area contributed by atoms with Gasteiger partial charge < -0.3 is 19.3 Å². The summed E-state index contributed by atoms with van der Waals surface area (Å²) in [5, 5.41) is 4.18. The normalized spacial score (nSPS) is 17.9. The average molecular weight is 387 g/mol. The molecule has 0 aliphatic carbocycles. The number of nitrogens with one attached hydrogen (secondary N) is 1. The van der Waals surface area contributed by atoms with E-state index in [1.54, 1.807) is 18.3 Å². The van der Waals surface area contributed by atoms with E-state index in [9.17, 15) is 4.39 Å². The number of hydrogen-bond acceptors (Lipinski definition) is 9. The molecule has 2 saturated heterocycles. The lowest BCUT2D eigenvalue weighted by atomic mass is 10.2. The Hall–Kier alpha value is -2.85. The molecule has 0 atom stereocenters. The molecule has 2 fully saturated rings. The van der Waals surface area contributed by atoms with Crippen LogP contribution in [0, 0.1) is 5.82 Å². The number of aromatic nitrogens is 3. The Kier molecular flexibility index (Phi) is 5.88. The fourth-order valence-electron chi connectivity index (χ4n) is 2.93. The second-order valence-corrected chi connectivity index (χ2v) is 6.38. The maximum Gasteiger partial charge on any atom is 0.250 e. The van der Waals surface area contributed by atoms with E-state index >= 15 is 0 Å². The van der Waals surface area contributed by atoms with Gasteiger partial charge in [0, 0.05) is 26.2 Å². The van der Waals surface area contributed by atoms with Gasteiger partial charge in [-0.2, -0.15) is 20.1 Å². The third-order valence-corrected chi connectivity index (χ3v) is 4.45. The minimum absolute atomic E-state index is 0.284. The van der Waals surface area contributed by atoms with Crippen LogP contribution >= 0.6 is 0 Å². The van der Waals surface area contributed by atoms with Crippen LogP contribution in [0.2, 0.25) is 0 Å². The van der Waals surface area contributed by atoms with Crippen LogP contribution in [-0.4, -0.2) is 73.8 Å². The molecule has 0 unspecified atom stereocenters. The van der Waals surface area contributed by atoms with E-state index in [1.165, 1.54) is 12.1 Å². The lowest BCUT2D eigenvalue weighted by Gasteiger charge is -2.30. The van der Waals surface area contributed by atoms with Crippen molar-refractivity contribution in [3.63, 3.8) is 0 Å². The highest BCUT2D eigenvalue weighted by molar-refractivity contribution is 5.79. The number of nitrogens with zero attached hydrogens (tertiary/aromatic N) is 6. The summed E-state index contributed by atoms with van der Waals surface area (Å²) >= 11 is 0. The standard InChI is InChI=1S/C18H22FN7O2/c19-15-3-1-14(2-4-15)13-20-24-16-21-17(25-5-9-27-10-6-25)23-18(22-16)26-7-11-28-12-8-26/h1-4,13H,5-12H2,(H,21,22,23,24)/b20-13-. The zero-order valence-electron chi connectivity index (χ0n) is 15.4. The maximum absolute atomic E-state index is 13.0. The molecule has 1 aromatic carbocycles. The fraction of sp³-hybridized carbons (Fsp3) is 0.444. The molecule has 1 aromatic heterocycles. The maximum atomic E-state index is 13.0. The van der Waals surface area contributed by atoms with Crippen LogP contribution in [0.3, 0.4) is 0 Å². The van der Waals surface area contributed by atoms with E-state index in [2.05, 4.69) is 35.3 Å². The van der Waals surface area contributed by atoms with E-state index in [0.717, 1.165) is 31.7 Å². The molecule has 1 N–H and O–H groups in total. The van der Waals surface area contributed by atoms with E-state index in [4.69, 9.17) is 9.47 Å². The highest BCUT2D eigenvalue weighted by Gasteiger charge is 2.20. The molecular formula is C18H22FN7O2. The molecule has 0 spiro atoms. The molecule has 0 amide bonds. The second-order valence-electron chi connectivity index (χ2n) is 6.38. The van der Waals surface area contributed by atoms with Crippen molar-refractivity contribution in [1.29, 1.82) is 0 Å². The minimum atomic E-state index is -0.284. The van der Waals surface area contributed by atoms with Crippen LogP contribution in [0.5, 0.6) is 0 Å². The number of hydrazone groups is 1. The van der Waals surface area contributed by atoms with Crippen molar-refractivity contribution < 1.29 is 13.9 Å². The Balaban J connectivity index is 1.54. The first kappa shape index (κ1) is 18.5. The van der Waals surface area contributed by atoms with Crippen LogP contribution in [0.25, 0.3) is 0 Å². The molecule has 0 saturated carbocycles. The van der Waals surface area contributed by atoms with Gasteiger partial charge in [-0.05, 0) is 17.7 Å². The molecule has 9 nitrogen and oxygen atoms in total. The van der Waals surface area contributed by atoms with E-state index in [1.807, 2.05) is 0 Å². The first-order valence-corrected chi connectivity index (χ1v) is 9.24. The highest BCUT2D eigenvalue weighted by atomic mass is 19.1. The van der Waals surface area contributed by atoms with Gasteiger partial charge in [0.25, 0.3) is 0 Å². The Bertz CT molecular complexity index is 770. The second kappa shape index (κ2) is 8.89. The van der Waals surface area contributed by atoms with Crippen LogP contribution in [0.15, 0.2) is 29.4 Å². The molecule has 28 heavy (non-hydrogen) atoms. The number of anilines is 3. The summed E-state index contributed by atoms with van der Waals surface area (Å²) < 4.78 is 23.8. The topological polar surface area (TPSA) is 88.0 Å². The van der Waals surface area contributed by atoms with Crippen LogP contribution in [-0.2, 0) is 9.47 Å². The number of halogens is 1. The Labute approximate surface area is 162 Å². The van der Waals surface area contributed by atoms with Crippen LogP contribution < -0.4 is 15.2 Å². The van der Waals surface area contributed by atoms with Gasteiger partial charge in [0.1, 0.15) is 5.82 Å². The van der Waals surface area contributed by atoms with Gasteiger partial charge in [-0.15, -0.1) is 0 Å². The summed E-state index contributed by atoms with van der Waals surface area (Å²) in [6.07, 6.45) is 1.59. The first-order valence-electron chi connectivity index (χ1n) is 9.24. The number of rotatable bonds is 5. The van der Waals surface area contributed by atoms with Crippen molar-refractivity contribution in [3.8, 4) is 0 Å². The van der Waals surface area contributed by atoms with Crippen molar-refractivity contribution in [2.45, 2.75) is 0 Å². The van der Waals surface area contributed by atoms with Crippen LogP contribution in [0.1, 0.15) is 5.56 Å². The van der Waals surface area contributed by atoms with Crippen LogP contribution in [0.4, 0.5) is 22.2 Å². The molecule has 2 aliphatic rings. The summed E-state index contributed by atoms with van der Waals surface area (Å²) in [6, 6.07) is 6.06. The number of ether oxygens (including phenoxy) is 2. The Morgan fingerprint density at radius 3 is 1.93 bits per heavy atom.